The fourth-order valence-corrected chi connectivity index (χ4v) is 5.91. The Hall–Kier alpha value is -2.59. The van der Waals surface area contributed by atoms with Gasteiger partial charge in [0.1, 0.15) is 23.8 Å². The highest BCUT2D eigenvalue weighted by Gasteiger charge is 2.36. The number of aryl methyl sites for hydroxylation is 2. The van der Waals surface area contributed by atoms with Crippen LogP contribution >= 0.6 is 0 Å². The lowest BCUT2D eigenvalue weighted by Gasteiger charge is -2.31. The molecule has 0 spiro atoms. The number of piperidine rings is 1. The number of rotatable bonds is 5. The Labute approximate surface area is 181 Å². The second kappa shape index (κ2) is 8.51. The fraction of sp³-hybridized carbons (Fsp3) is 0.524. The number of fused-ring (bicyclic) bond motifs is 1. The second-order valence-electron chi connectivity index (χ2n) is 7.99. The fourth-order valence-electron chi connectivity index (χ4n) is 4.09. The molecular weight excluding hydrogens is 422 g/mol. The van der Waals surface area contributed by atoms with Gasteiger partial charge in [0.2, 0.25) is 15.9 Å². The smallest absolute Gasteiger partial charge is 0.248 e. The maximum absolute atomic E-state index is 13.1. The van der Waals surface area contributed by atoms with Crippen LogP contribution in [0.5, 0.6) is 11.5 Å². The Morgan fingerprint density at radius 3 is 2.68 bits per heavy atom. The number of nitrogens with one attached hydrogen (secondary N) is 1. The van der Waals surface area contributed by atoms with E-state index in [1.807, 2.05) is 25.1 Å². The predicted molar refractivity (Wildman–Crippen MR) is 111 cm³/mol. The van der Waals surface area contributed by atoms with E-state index >= 15 is 0 Å². The van der Waals surface area contributed by atoms with Gasteiger partial charge in [-0.05, 0) is 51.3 Å². The van der Waals surface area contributed by atoms with Crippen LogP contribution < -0.4 is 14.8 Å². The number of hydrogen-bond donors (Lipinski definition) is 1. The van der Waals surface area contributed by atoms with E-state index in [4.69, 9.17) is 14.0 Å². The van der Waals surface area contributed by atoms with Gasteiger partial charge in [0, 0.05) is 13.1 Å². The molecule has 2 unspecified atom stereocenters. The first-order chi connectivity index (χ1) is 14.8. The number of aromatic nitrogens is 1. The molecule has 1 aromatic heterocycles. The van der Waals surface area contributed by atoms with Gasteiger partial charge in [-0.15, -0.1) is 0 Å². The summed E-state index contributed by atoms with van der Waals surface area (Å²) in [5, 5.41) is 6.77. The van der Waals surface area contributed by atoms with Crippen LogP contribution in [-0.2, 0) is 14.8 Å². The van der Waals surface area contributed by atoms with E-state index in [-0.39, 0.29) is 29.1 Å². The molecule has 1 amide bonds. The predicted octanol–water partition coefficient (Wildman–Crippen LogP) is 2.34. The number of sulfonamides is 1. The van der Waals surface area contributed by atoms with Crippen molar-refractivity contribution in [1.29, 1.82) is 0 Å². The number of benzene rings is 1. The van der Waals surface area contributed by atoms with Crippen molar-refractivity contribution in [3.63, 3.8) is 0 Å². The van der Waals surface area contributed by atoms with E-state index in [0.717, 1.165) is 5.56 Å². The minimum atomic E-state index is -3.77. The first-order valence-electron chi connectivity index (χ1n) is 10.4. The third-order valence-electron chi connectivity index (χ3n) is 5.75. The molecule has 2 aliphatic heterocycles. The van der Waals surface area contributed by atoms with Gasteiger partial charge in [-0.2, -0.15) is 4.31 Å². The van der Waals surface area contributed by atoms with Crippen LogP contribution in [0.4, 0.5) is 0 Å². The van der Waals surface area contributed by atoms with Gasteiger partial charge in [0.25, 0.3) is 0 Å². The van der Waals surface area contributed by atoms with Gasteiger partial charge >= 0.3 is 0 Å². The maximum Gasteiger partial charge on any atom is 0.248 e. The number of hydrogen-bond acceptors (Lipinski definition) is 7. The van der Waals surface area contributed by atoms with Gasteiger partial charge in [0.05, 0.1) is 12.0 Å². The molecule has 2 atom stereocenters. The summed E-state index contributed by atoms with van der Waals surface area (Å²) in [5.41, 5.74) is 1.23. The van der Waals surface area contributed by atoms with E-state index in [9.17, 15) is 13.2 Å². The molecule has 31 heavy (non-hydrogen) atoms. The van der Waals surface area contributed by atoms with E-state index in [1.54, 1.807) is 13.8 Å². The number of amides is 1. The highest BCUT2D eigenvalue weighted by molar-refractivity contribution is 7.89. The molecular formula is C21H27N3O6S. The van der Waals surface area contributed by atoms with E-state index in [0.29, 0.717) is 49.8 Å². The van der Waals surface area contributed by atoms with Gasteiger partial charge in [0.15, 0.2) is 17.3 Å². The number of nitrogens with zero attached hydrogens (tertiary/aromatic N) is 2. The van der Waals surface area contributed by atoms with Crippen LogP contribution in [0.15, 0.2) is 27.6 Å². The van der Waals surface area contributed by atoms with Gasteiger partial charge in [-0.1, -0.05) is 11.2 Å². The van der Waals surface area contributed by atoms with Crippen molar-refractivity contribution in [3.05, 3.63) is 35.2 Å². The van der Waals surface area contributed by atoms with Crippen LogP contribution in [0.3, 0.4) is 0 Å². The van der Waals surface area contributed by atoms with Crippen LogP contribution in [0.2, 0.25) is 0 Å². The molecule has 9 nitrogen and oxygen atoms in total. The highest BCUT2D eigenvalue weighted by Crippen LogP contribution is 2.33. The molecule has 1 fully saturated rings. The lowest BCUT2D eigenvalue weighted by Crippen LogP contribution is -2.46. The summed E-state index contributed by atoms with van der Waals surface area (Å²) >= 11 is 0. The van der Waals surface area contributed by atoms with Gasteiger partial charge < -0.3 is 19.3 Å². The van der Waals surface area contributed by atoms with Crippen LogP contribution in [0.1, 0.15) is 42.8 Å². The Morgan fingerprint density at radius 2 is 1.97 bits per heavy atom. The topological polar surface area (TPSA) is 111 Å². The van der Waals surface area contributed by atoms with Gasteiger partial charge in [-0.25, -0.2) is 8.42 Å². The molecule has 2 aliphatic rings. The summed E-state index contributed by atoms with van der Waals surface area (Å²) in [7, 11) is -3.77. The lowest BCUT2D eigenvalue weighted by molar-refractivity contribution is -0.126. The average Bonchev–Trinajstić information content (AvgIpc) is 3.12. The van der Waals surface area contributed by atoms with Crippen molar-refractivity contribution in [2.75, 3.05) is 26.3 Å². The molecule has 4 rings (SSSR count). The zero-order valence-electron chi connectivity index (χ0n) is 17.9. The molecule has 10 heteroatoms. The Bertz CT molecular complexity index is 1060. The minimum Gasteiger partial charge on any atom is -0.486 e. The quantitative estimate of drug-likeness (QED) is 0.746. The Balaban J connectivity index is 1.44. The monoisotopic (exact) mass is 449 g/mol. The third kappa shape index (κ3) is 4.27. The van der Waals surface area contributed by atoms with Crippen molar-refractivity contribution in [2.45, 2.75) is 44.6 Å². The zero-order chi connectivity index (χ0) is 22.2. The minimum absolute atomic E-state index is 0.0956. The molecule has 0 saturated carbocycles. The molecule has 168 valence electrons. The van der Waals surface area contributed by atoms with Crippen molar-refractivity contribution in [2.24, 2.45) is 5.92 Å². The van der Waals surface area contributed by atoms with E-state index < -0.39 is 15.9 Å². The molecule has 0 radical (unpaired) electrons. The Morgan fingerprint density at radius 1 is 1.23 bits per heavy atom. The van der Waals surface area contributed by atoms with Gasteiger partial charge in [-0.3, -0.25) is 4.79 Å². The number of ether oxygens (including phenoxy) is 2. The molecule has 2 aromatic rings. The van der Waals surface area contributed by atoms with Crippen molar-refractivity contribution >= 4 is 15.9 Å². The molecule has 3 heterocycles. The second-order valence-corrected chi connectivity index (χ2v) is 9.86. The van der Waals surface area contributed by atoms with Crippen molar-refractivity contribution < 1.29 is 27.2 Å². The summed E-state index contributed by atoms with van der Waals surface area (Å²) in [5.74, 6) is 1.03. The molecule has 1 saturated heterocycles. The summed E-state index contributed by atoms with van der Waals surface area (Å²) in [4.78, 5) is 13.0. The highest BCUT2D eigenvalue weighted by atomic mass is 32.2. The summed E-state index contributed by atoms with van der Waals surface area (Å²) in [6.45, 7) is 6.59. The summed E-state index contributed by atoms with van der Waals surface area (Å²) < 4.78 is 43.8. The zero-order valence-corrected chi connectivity index (χ0v) is 18.7. The van der Waals surface area contributed by atoms with Crippen molar-refractivity contribution in [3.8, 4) is 11.5 Å². The maximum atomic E-state index is 13.1. The number of carbonyl (C=O) groups is 1. The van der Waals surface area contributed by atoms with Crippen LogP contribution in [0, 0.1) is 19.8 Å². The van der Waals surface area contributed by atoms with E-state index in [1.165, 1.54) is 4.31 Å². The summed E-state index contributed by atoms with van der Waals surface area (Å²) in [6, 6.07) is 5.35. The molecule has 0 bridgehead atoms. The normalized spacial score (nSPS) is 20.3. The third-order valence-corrected chi connectivity index (χ3v) is 7.86. The molecule has 1 N–H and O–H groups in total. The van der Waals surface area contributed by atoms with Crippen LogP contribution in [-0.4, -0.2) is 50.1 Å². The first-order valence-corrected chi connectivity index (χ1v) is 11.8. The Kier molecular flexibility index (Phi) is 5.94. The molecule has 0 aliphatic carbocycles. The average molecular weight is 450 g/mol. The van der Waals surface area contributed by atoms with Crippen molar-refractivity contribution in [1.82, 2.24) is 14.8 Å². The summed E-state index contributed by atoms with van der Waals surface area (Å²) in [6.07, 6.45) is 1.24. The first kappa shape index (κ1) is 21.6. The molecule has 1 aromatic carbocycles. The SMILES string of the molecule is Cc1noc(C)c1S(=O)(=O)N1CCCC(C(=O)NC(C)c2ccc3c(c2)OCCO3)C1. The number of carbonyl (C=O) groups excluding carboxylic acids is 1. The van der Waals surface area contributed by atoms with E-state index in [2.05, 4.69) is 10.5 Å². The lowest BCUT2D eigenvalue weighted by atomic mass is 9.97. The van der Waals surface area contributed by atoms with Crippen LogP contribution in [0.25, 0.3) is 0 Å². The largest absolute Gasteiger partial charge is 0.486 e. The standard InChI is InChI=1S/C21H27N3O6S/c1-13(16-6-7-18-19(11-16)29-10-9-28-18)22-21(25)17-5-4-8-24(12-17)31(26,27)20-14(2)23-30-15(20)3/h6-7,11,13,17H,4-5,8-10,12H2,1-3H3,(H,22,25).